The summed E-state index contributed by atoms with van der Waals surface area (Å²) in [5.41, 5.74) is 5.94. The standard InChI is InChI=1S/C30H46O/c1-26(2,3)20-14-21(27(4,5)6)17-24(16-20)30(13,31)25-18-22(28(7,8)9)15-23(19-25)29(10,11)12/h14-19,31H,1-13H3. The van der Waals surface area contributed by atoms with E-state index in [1.165, 1.54) is 22.3 Å². The van der Waals surface area contributed by atoms with E-state index in [1.54, 1.807) is 0 Å². The van der Waals surface area contributed by atoms with Gasteiger partial charge in [-0.2, -0.15) is 0 Å². The van der Waals surface area contributed by atoms with E-state index < -0.39 is 5.60 Å². The van der Waals surface area contributed by atoms with Gasteiger partial charge in [0.05, 0.1) is 0 Å². The van der Waals surface area contributed by atoms with Crippen molar-refractivity contribution >= 4 is 0 Å². The Morgan fingerprint density at radius 1 is 0.355 bits per heavy atom. The normalized spacial score (nSPS) is 14.1. The summed E-state index contributed by atoms with van der Waals surface area (Å²) < 4.78 is 0. The molecular weight excluding hydrogens is 376 g/mol. The summed E-state index contributed by atoms with van der Waals surface area (Å²) in [5, 5.41) is 12.0. The van der Waals surface area contributed by atoms with Crippen molar-refractivity contribution in [1.82, 2.24) is 0 Å². The van der Waals surface area contributed by atoms with Crippen LogP contribution in [0.2, 0.25) is 0 Å². The SMILES string of the molecule is CC(C)(C)c1cc(C(C)(C)C)cc(C(C)(O)c2cc(C(C)(C)C)cc(C(C)(C)C)c2)c1. The number of rotatable bonds is 2. The van der Waals surface area contributed by atoms with Crippen molar-refractivity contribution < 1.29 is 5.11 Å². The second-order valence-corrected chi connectivity index (χ2v) is 13.7. The summed E-state index contributed by atoms with van der Waals surface area (Å²) in [6.07, 6.45) is 0. The minimum atomic E-state index is -1.08. The Balaban J connectivity index is 2.83. The van der Waals surface area contributed by atoms with Gasteiger partial charge in [-0.25, -0.2) is 0 Å². The van der Waals surface area contributed by atoms with Gasteiger partial charge in [0.2, 0.25) is 0 Å². The Kier molecular flexibility index (Phi) is 6.43. The molecule has 2 aromatic carbocycles. The first-order valence-corrected chi connectivity index (χ1v) is 11.7. The molecule has 1 heteroatoms. The van der Waals surface area contributed by atoms with Crippen LogP contribution in [0, 0.1) is 0 Å². The van der Waals surface area contributed by atoms with Gasteiger partial charge in [0.15, 0.2) is 0 Å². The molecule has 0 bridgehead atoms. The molecule has 0 aliphatic carbocycles. The Bertz CT molecular complexity index is 790. The van der Waals surface area contributed by atoms with E-state index in [0.29, 0.717) is 0 Å². The molecule has 2 rings (SSSR count). The predicted molar refractivity (Wildman–Crippen MR) is 136 cm³/mol. The average molecular weight is 423 g/mol. The van der Waals surface area contributed by atoms with E-state index in [9.17, 15) is 5.11 Å². The first-order valence-electron chi connectivity index (χ1n) is 11.7. The average Bonchev–Trinajstić information content (AvgIpc) is 2.58. The molecule has 0 aromatic heterocycles. The molecule has 0 saturated carbocycles. The zero-order chi connectivity index (χ0) is 24.2. The largest absolute Gasteiger partial charge is 0.381 e. The van der Waals surface area contributed by atoms with Gasteiger partial charge < -0.3 is 5.11 Å². The molecule has 0 saturated heterocycles. The summed E-state index contributed by atoms with van der Waals surface area (Å²) in [4.78, 5) is 0. The third-order valence-corrected chi connectivity index (χ3v) is 6.45. The van der Waals surface area contributed by atoms with Crippen LogP contribution in [-0.2, 0) is 27.3 Å². The molecule has 0 radical (unpaired) electrons. The van der Waals surface area contributed by atoms with Crippen LogP contribution in [0.1, 0.15) is 123 Å². The number of hydrogen-bond acceptors (Lipinski definition) is 1. The van der Waals surface area contributed by atoms with Gasteiger partial charge in [-0.1, -0.05) is 119 Å². The van der Waals surface area contributed by atoms with E-state index in [1.807, 2.05) is 6.92 Å². The maximum absolute atomic E-state index is 12.0. The Morgan fingerprint density at radius 2 is 0.516 bits per heavy atom. The number of hydrogen-bond donors (Lipinski definition) is 1. The van der Waals surface area contributed by atoms with Gasteiger partial charge in [0.25, 0.3) is 0 Å². The van der Waals surface area contributed by atoms with Crippen LogP contribution in [0.4, 0.5) is 0 Å². The molecule has 1 nitrogen and oxygen atoms in total. The summed E-state index contributed by atoms with van der Waals surface area (Å²) in [7, 11) is 0. The highest BCUT2D eigenvalue weighted by Crippen LogP contribution is 2.39. The van der Waals surface area contributed by atoms with E-state index in [-0.39, 0.29) is 21.7 Å². The van der Waals surface area contributed by atoms with Crippen LogP contribution < -0.4 is 0 Å². The highest BCUT2D eigenvalue weighted by molar-refractivity contribution is 5.47. The van der Waals surface area contributed by atoms with Crippen molar-refractivity contribution in [3.63, 3.8) is 0 Å². The van der Waals surface area contributed by atoms with Crippen LogP contribution in [0.3, 0.4) is 0 Å². The number of aliphatic hydroxyl groups is 1. The smallest absolute Gasteiger partial charge is 0.112 e. The van der Waals surface area contributed by atoms with E-state index >= 15 is 0 Å². The fourth-order valence-electron chi connectivity index (χ4n) is 3.72. The molecule has 0 spiro atoms. The van der Waals surface area contributed by atoms with Gasteiger partial charge in [-0.05, 0) is 62.0 Å². The topological polar surface area (TPSA) is 20.2 Å². The van der Waals surface area contributed by atoms with Crippen molar-refractivity contribution in [2.75, 3.05) is 0 Å². The molecule has 0 heterocycles. The van der Waals surface area contributed by atoms with Crippen LogP contribution in [0.25, 0.3) is 0 Å². The summed E-state index contributed by atoms with van der Waals surface area (Å²) in [5.74, 6) is 0. The predicted octanol–water partition coefficient (Wildman–Crippen LogP) is 8.13. The lowest BCUT2D eigenvalue weighted by atomic mass is 9.74. The molecule has 0 unspecified atom stereocenters. The van der Waals surface area contributed by atoms with Gasteiger partial charge in [-0.3, -0.25) is 0 Å². The second-order valence-electron chi connectivity index (χ2n) is 13.7. The van der Waals surface area contributed by atoms with Gasteiger partial charge >= 0.3 is 0 Å². The lowest BCUT2D eigenvalue weighted by Crippen LogP contribution is -2.28. The van der Waals surface area contributed by atoms with E-state index in [4.69, 9.17) is 0 Å². The highest BCUT2D eigenvalue weighted by atomic mass is 16.3. The lowest BCUT2D eigenvalue weighted by Gasteiger charge is -2.33. The van der Waals surface area contributed by atoms with Gasteiger partial charge in [0, 0.05) is 0 Å². The fourth-order valence-corrected chi connectivity index (χ4v) is 3.72. The maximum atomic E-state index is 12.0. The van der Waals surface area contributed by atoms with Crippen molar-refractivity contribution in [2.24, 2.45) is 0 Å². The molecule has 0 amide bonds. The molecule has 2 aromatic rings. The minimum absolute atomic E-state index is 0.00984. The molecule has 0 aliphatic rings. The van der Waals surface area contributed by atoms with Gasteiger partial charge in [-0.15, -0.1) is 0 Å². The fraction of sp³-hybridized carbons (Fsp3) is 0.600. The third-order valence-electron chi connectivity index (χ3n) is 6.45. The quantitative estimate of drug-likeness (QED) is 0.518. The number of benzene rings is 2. The molecule has 31 heavy (non-hydrogen) atoms. The Hall–Kier alpha value is -1.60. The summed E-state index contributed by atoms with van der Waals surface area (Å²) >= 11 is 0. The monoisotopic (exact) mass is 422 g/mol. The van der Waals surface area contributed by atoms with Gasteiger partial charge in [0.1, 0.15) is 5.60 Å². The molecule has 0 atom stereocenters. The zero-order valence-corrected chi connectivity index (χ0v) is 22.4. The highest BCUT2D eigenvalue weighted by Gasteiger charge is 2.32. The van der Waals surface area contributed by atoms with E-state index in [2.05, 4.69) is 119 Å². The molecule has 172 valence electrons. The minimum Gasteiger partial charge on any atom is -0.381 e. The maximum Gasteiger partial charge on any atom is 0.112 e. The van der Waals surface area contributed by atoms with Crippen LogP contribution in [-0.4, -0.2) is 5.11 Å². The lowest BCUT2D eigenvalue weighted by molar-refractivity contribution is 0.102. The molecule has 0 aliphatic heterocycles. The van der Waals surface area contributed by atoms with Crippen LogP contribution in [0.5, 0.6) is 0 Å². The second kappa shape index (κ2) is 7.77. The Labute approximate surface area is 192 Å². The molecule has 1 N–H and O–H groups in total. The first-order chi connectivity index (χ1) is 13.6. The van der Waals surface area contributed by atoms with Crippen molar-refractivity contribution in [3.05, 3.63) is 69.8 Å². The van der Waals surface area contributed by atoms with Crippen molar-refractivity contribution in [3.8, 4) is 0 Å². The van der Waals surface area contributed by atoms with Crippen molar-refractivity contribution in [1.29, 1.82) is 0 Å². The summed E-state index contributed by atoms with van der Waals surface area (Å²) in [6, 6.07) is 13.4. The van der Waals surface area contributed by atoms with E-state index in [0.717, 1.165) is 11.1 Å². The van der Waals surface area contributed by atoms with Crippen LogP contribution in [0.15, 0.2) is 36.4 Å². The van der Waals surface area contributed by atoms with Crippen molar-refractivity contribution in [2.45, 2.75) is 117 Å². The third kappa shape index (κ3) is 5.80. The zero-order valence-electron chi connectivity index (χ0n) is 22.4. The first kappa shape index (κ1) is 25.7. The Morgan fingerprint density at radius 3 is 0.677 bits per heavy atom. The summed E-state index contributed by atoms with van der Waals surface area (Å²) in [6.45, 7) is 28.8. The molecule has 0 fully saturated rings. The van der Waals surface area contributed by atoms with Crippen LogP contribution >= 0.6 is 0 Å². The molecular formula is C30H46O.